The molecule has 18 heavy (non-hydrogen) atoms. The molecule has 100 valence electrons. The van der Waals surface area contributed by atoms with Crippen LogP contribution in [0, 0.1) is 0 Å². The first kappa shape index (κ1) is 14.6. The van der Waals surface area contributed by atoms with Gasteiger partial charge >= 0.3 is 0 Å². The van der Waals surface area contributed by atoms with E-state index in [-0.39, 0.29) is 5.91 Å². The predicted molar refractivity (Wildman–Crippen MR) is 70.1 cm³/mol. The van der Waals surface area contributed by atoms with Crippen LogP contribution in [0.2, 0.25) is 0 Å². The number of carbonyl (C=O) groups is 1. The van der Waals surface area contributed by atoms with E-state index in [4.69, 9.17) is 4.74 Å². The first-order valence-electron chi connectivity index (χ1n) is 6.18. The van der Waals surface area contributed by atoms with Crippen LogP contribution in [-0.4, -0.2) is 37.7 Å². The maximum atomic E-state index is 11.5. The summed E-state index contributed by atoms with van der Waals surface area (Å²) in [6, 6.07) is 3.80. The second-order valence-corrected chi connectivity index (χ2v) is 3.98. The van der Waals surface area contributed by atoms with Gasteiger partial charge in [0.15, 0.2) is 0 Å². The molecule has 0 aromatic carbocycles. The summed E-state index contributed by atoms with van der Waals surface area (Å²) in [7, 11) is 1.69. The lowest BCUT2D eigenvalue weighted by molar-refractivity contribution is -0.121. The monoisotopic (exact) mass is 251 g/mol. The predicted octanol–water partition coefficient (Wildman–Crippen LogP) is 0.714. The Balaban J connectivity index is 2.01. The highest BCUT2D eigenvalue weighted by Crippen LogP contribution is 1.94. The molecule has 0 aliphatic rings. The van der Waals surface area contributed by atoms with Crippen LogP contribution < -0.4 is 10.6 Å². The van der Waals surface area contributed by atoms with Crippen molar-refractivity contribution < 1.29 is 9.53 Å². The Bertz CT molecular complexity index is 330. The third kappa shape index (κ3) is 6.98. The summed E-state index contributed by atoms with van der Waals surface area (Å²) in [6.45, 7) is 2.86. The average Bonchev–Trinajstić information content (AvgIpc) is 2.41. The number of methoxy groups -OCH3 is 1. The molecule has 0 fully saturated rings. The van der Waals surface area contributed by atoms with E-state index in [9.17, 15) is 4.79 Å². The van der Waals surface area contributed by atoms with Crippen LogP contribution in [0.4, 0.5) is 0 Å². The van der Waals surface area contributed by atoms with Gasteiger partial charge in [-0.2, -0.15) is 0 Å². The standard InChI is InChI=1S/C13H21N3O2/c1-18-9-3-7-14-8-5-13(17)16-11-12-4-2-6-15-10-12/h2,4,6,10,14H,3,5,7-9,11H2,1H3,(H,16,17). The zero-order valence-electron chi connectivity index (χ0n) is 10.8. The molecule has 0 saturated heterocycles. The molecule has 1 amide bonds. The highest BCUT2D eigenvalue weighted by atomic mass is 16.5. The zero-order valence-corrected chi connectivity index (χ0v) is 10.8. The normalized spacial score (nSPS) is 10.3. The minimum absolute atomic E-state index is 0.0538. The number of nitrogens with one attached hydrogen (secondary N) is 2. The van der Waals surface area contributed by atoms with Crippen molar-refractivity contribution in [3.63, 3.8) is 0 Å². The third-order valence-electron chi connectivity index (χ3n) is 2.44. The number of hydrogen-bond donors (Lipinski definition) is 2. The minimum Gasteiger partial charge on any atom is -0.385 e. The summed E-state index contributed by atoms with van der Waals surface area (Å²) in [5.74, 6) is 0.0538. The Labute approximate surface area is 108 Å². The number of amides is 1. The summed E-state index contributed by atoms with van der Waals surface area (Å²) >= 11 is 0. The first-order valence-corrected chi connectivity index (χ1v) is 6.18. The molecule has 0 aliphatic carbocycles. The molecule has 5 heteroatoms. The van der Waals surface area contributed by atoms with E-state index in [1.807, 2.05) is 12.1 Å². The molecule has 1 aromatic heterocycles. The minimum atomic E-state index is 0.0538. The molecule has 2 N–H and O–H groups in total. The van der Waals surface area contributed by atoms with Gasteiger partial charge < -0.3 is 15.4 Å². The van der Waals surface area contributed by atoms with Gasteiger partial charge in [0, 0.05) is 45.6 Å². The Morgan fingerprint density at radius 3 is 3.06 bits per heavy atom. The fraction of sp³-hybridized carbons (Fsp3) is 0.538. The van der Waals surface area contributed by atoms with Gasteiger partial charge in [0.1, 0.15) is 0 Å². The molecule has 0 bridgehead atoms. The van der Waals surface area contributed by atoms with E-state index in [2.05, 4.69) is 15.6 Å². The van der Waals surface area contributed by atoms with Crippen LogP contribution in [0.5, 0.6) is 0 Å². The van der Waals surface area contributed by atoms with E-state index in [1.54, 1.807) is 19.5 Å². The molecule has 0 radical (unpaired) electrons. The van der Waals surface area contributed by atoms with Crippen LogP contribution >= 0.6 is 0 Å². The van der Waals surface area contributed by atoms with Gasteiger partial charge in [-0.15, -0.1) is 0 Å². The second-order valence-electron chi connectivity index (χ2n) is 3.98. The van der Waals surface area contributed by atoms with Crippen molar-refractivity contribution in [2.45, 2.75) is 19.4 Å². The average molecular weight is 251 g/mol. The smallest absolute Gasteiger partial charge is 0.221 e. The summed E-state index contributed by atoms with van der Waals surface area (Å²) < 4.78 is 4.93. The summed E-state index contributed by atoms with van der Waals surface area (Å²) in [5.41, 5.74) is 1.01. The number of ether oxygens (including phenoxy) is 1. The van der Waals surface area contributed by atoms with E-state index in [0.717, 1.165) is 25.1 Å². The van der Waals surface area contributed by atoms with Crippen molar-refractivity contribution in [3.05, 3.63) is 30.1 Å². The molecule has 1 heterocycles. The number of carbonyl (C=O) groups excluding carboxylic acids is 1. The van der Waals surface area contributed by atoms with Gasteiger partial charge in [-0.25, -0.2) is 0 Å². The lowest BCUT2D eigenvalue weighted by atomic mass is 10.3. The molecular formula is C13H21N3O2. The van der Waals surface area contributed by atoms with E-state index >= 15 is 0 Å². The summed E-state index contributed by atoms with van der Waals surface area (Å²) in [6.07, 6.45) is 4.93. The second kappa shape index (κ2) is 9.56. The fourth-order valence-electron chi connectivity index (χ4n) is 1.46. The van der Waals surface area contributed by atoms with Crippen LogP contribution in [-0.2, 0) is 16.1 Å². The molecule has 0 spiro atoms. The van der Waals surface area contributed by atoms with E-state index in [0.29, 0.717) is 19.5 Å². The number of rotatable bonds is 9. The van der Waals surface area contributed by atoms with Crippen LogP contribution in [0.15, 0.2) is 24.5 Å². The number of nitrogens with zero attached hydrogens (tertiary/aromatic N) is 1. The zero-order chi connectivity index (χ0) is 13.1. The Morgan fingerprint density at radius 1 is 1.44 bits per heavy atom. The molecular weight excluding hydrogens is 230 g/mol. The number of aromatic nitrogens is 1. The van der Waals surface area contributed by atoms with Crippen molar-refractivity contribution in [3.8, 4) is 0 Å². The van der Waals surface area contributed by atoms with Gasteiger partial charge in [-0.3, -0.25) is 9.78 Å². The summed E-state index contributed by atoms with van der Waals surface area (Å²) in [4.78, 5) is 15.5. The Morgan fingerprint density at radius 2 is 2.33 bits per heavy atom. The van der Waals surface area contributed by atoms with Crippen molar-refractivity contribution >= 4 is 5.91 Å². The summed E-state index contributed by atoms with van der Waals surface area (Å²) in [5, 5.41) is 6.05. The van der Waals surface area contributed by atoms with Crippen molar-refractivity contribution in [1.29, 1.82) is 0 Å². The van der Waals surface area contributed by atoms with Gasteiger partial charge in [-0.1, -0.05) is 6.07 Å². The lowest BCUT2D eigenvalue weighted by Crippen LogP contribution is -2.28. The van der Waals surface area contributed by atoms with Crippen molar-refractivity contribution in [2.75, 3.05) is 26.8 Å². The largest absolute Gasteiger partial charge is 0.385 e. The van der Waals surface area contributed by atoms with Crippen LogP contribution in [0.25, 0.3) is 0 Å². The first-order chi connectivity index (χ1) is 8.83. The molecule has 1 rings (SSSR count). The lowest BCUT2D eigenvalue weighted by Gasteiger charge is -2.06. The van der Waals surface area contributed by atoms with Gasteiger partial charge in [0.2, 0.25) is 5.91 Å². The quantitative estimate of drug-likeness (QED) is 0.635. The third-order valence-corrected chi connectivity index (χ3v) is 2.44. The number of pyridine rings is 1. The molecule has 0 saturated carbocycles. The SMILES string of the molecule is COCCCNCCC(=O)NCc1cccnc1. The highest BCUT2D eigenvalue weighted by Gasteiger charge is 2.00. The molecule has 0 unspecified atom stereocenters. The Kier molecular flexibility index (Phi) is 7.75. The number of hydrogen-bond acceptors (Lipinski definition) is 4. The Hall–Kier alpha value is -1.46. The van der Waals surface area contributed by atoms with Crippen molar-refractivity contribution in [2.24, 2.45) is 0 Å². The van der Waals surface area contributed by atoms with Crippen molar-refractivity contribution in [1.82, 2.24) is 15.6 Å². The maximum absolute atomic E-state index is 11.5. The van der Waals surface area contributed by atoms with Crippen LogP contribution in [0.1, 0.15) is 18.4 Å². The molecule has 5 nitrogen and oxygen atoms in total. The van der Waals surface area contributed by atoms with Gasteiger partial charge in [0.05, 0.1) is 0 Å². The van der Waals surface area contributed by atoms with Crippen LogP contribution in [0.3, 0.4) is 0 Å². The topological polar surface area (TPSA) is 63.2 Å². The maximum Gasteiger partial charge on any atom is 0.221 e. The molecule has 0 aliphatic heterocycles. The molecule has 0 atom stereocenters. The van der Waals surface area contributed by atoms with E-state index < -0.39 is 0 Å². The van der Waals surface area contributed by atoms with E-state index in [1.165, 1.54) is 0 Å². The molecule has 1 aromatic rings. The highest BCUT2D eigenvalue weighted by molar-refractivity contribution is 5.76. The fourth-order valence-corrected chi connectivity index (χ4v) is 1.46. The van der Waals surface area contributed by atoms with Gasteiger partial charge in [0.25, 0.3) is 0 Å². The van der Waals surface area contributed by atoms with Gasteiger partial charge in [-0.05, 0) is 24.6 Å².